The highest BCUT2D eigenvalue weighted by Crippen LogP contribution is 2.28. The molecule has 2 heterocycles. The van der Waals surface area contributed by atoms with Gasteiger partial charge in [-0.3, -0.25) is 9.78 Å². The first-order valence-corrected chi connectivity index (χ1v) is 8.51. The molecule has 1 fully saturated rings. The zero-order chi connectivity index (χ0) is 16.9. The lowest BCUT2D eigenvalue weighted by Crippen LogP contribution is -2.37. The smallest absolute Gasteiger partial charge is 0.219 e. The molecule has 0 spiro atoms. The van der Waals surface area contributed by atoms with Crippen molar-refractivity contribution in [2.24, 2.45) is 5.92 Å². The molecule has 0 saturated carbocycles. The third kappa shape index (κ3) is 3.75. The van der Waals surface area contributed by atoms with E-state index in [0.717, 1.165) is 49.4 Å². The Balaban J connectivity index is 1.64. The maximum absolute atomic E-state index is 11.4. The van der Waals surface area contributed by atoms with E-state index >= 15 is 0 Å². The molecule has 4 nitrogen and oxygen atoms in total. The Kier molecular flexibility index (Phi) is 5.14. The largest absolute Gasteiger partial charge is 0.496 e. The van der Waals surface area contributed by atoms with Crippen LogP contribution in [0.1, 0.15) is 25.3 Å². The van der Waals surface area contributed by atoms with E-state index in [0.29, 0.717) is 5.92 Å². The van der Waals surface area contributed by atoms with Crippen molar-refractivity contribution in [3.8, 4) is 17.0 Å². The van der Waals surface area contributed by atoms with Gasteiger partial charge in [-0.1, -0.05) is 18.2 Å². The molecule has 0 radical (unpaired) electrons. The van der Waals surface area contributed by atoms with Gasteiger partial charge in [0.15, 0.2) is 0 Å². The predicted molar refractivity (Wildman–Crippen MR) is 94.9 cm³/mol. The molecule has 0 bridgehead atoms. The van der Waals surface area contributed by atoms with Crippen LogP contribution >= 0.6 is 0 Å². The van der Waals surface area contributed by atoms with Gasteiger partial charge in [-0.2, -0.15) is 0 Å². The number of nitrogens with zero attached hydrogens (tertiary/aromatic N) is 2. The van der Waals surface area contributed by atoms with Gasteiger partial charge in [-0.05, 0) is 48.9 Å². The van der Waals surface area contributed by atoms with Crippen molar-refractivity contribution in [1.29, 1.82) is 0 Å². The van der Waals surface area contributed by atoms with E-state index in [1.165, 1.54) is 5.56 Å². The van der Waals surface area contributed by atoms with E-state index in [-0.39, 0.29) is 5.91 Å². The van der Waals surface area contributed by atoms with Crippen LogP contribution in [0.2, 0.25) is 0 Å². The summed E-state index contributed by atoms with van der Waals surface area (Å²) in [5, 5.41) is 0. The predicted octanol–water partition coefficient (Wildman–Crippen LogP) is 3.56. The summed E-state index contributed by atoms with van der Waals surface area (Å²) in [6.07, 6.45) is 5.16. The van der Waals surface area contributed by atoms with Gasteiger partial charge in [-0.15, -0.1) is 0 Å². The number of carbonyl (C=O) groups is 1. The number of hydrogen-bond acceptors (Lipinski definition) is 3. The topological polar surface area (TPSA) is 42.4 Å². The lowest BCUT2D eigenvalue weighted by atomic mass is 9.90. The van der Waals surface area contributed by atoms with E-state index in [1.54, 1.807) is 14.0 Å². The molecule has 1 aliphatic rings. The van der Waals surface area contributed by atoms with Crippen molar-refractivity contribution in [2.75, 3.05) is 20.2 Å². The second-order valence-corrected chi connectivity index (χ2v) is 6.41. The standard InChI is InChI=1S/C20H24N2O2/c1-15(23)22-11-9-16(10-12-22)13-17-7-8-19(21-14-17)18-5-3-4-6-20(18)24-2/h3-8,14,16H,9-13H2,1-2H3. The molecular weight excluding hydrogens is 300 g/mol. The third-order valence-corrected chi connectivity index (χ3v) is 4.79. The maximum Gasteiger partial charge on any atom is 0.219 e. The average molecular weight is 324 g/mol. The van der Waals surface area contributed by atoms with Crippen LogP contribution in [-0.4, -0.2) is 36.0 Å². The molecule has 1 aliphatic heterocycles. The van der Waals surface area contributed by atoms with Crippen LogP contribution < -0.4 is 4.74 Å². The number of piperidine rings is 1. The SMILES string of the molecule is COc1ccccc1-c1ccc(CC2CCN(C(C)=O)CC2)cn1. The summed E-state index contributed by atoms with van der Waals surface area (Å²) < 4.78 is 5.41. The van der Waals surface area contributed by atoms with E-state index in [9.17, 15) is 4.79 Å². The monoisotopic (exact) mass is 324 g/mol. The number of ether oxygens (including phenoxy) is 1. The van der Waals surface area contributed by atoms with Crippen molar-refractivity contribution in [3.05, 3.63) is 48.2 Å². The third-order valence-electron chi connectivity index (χ3n) is 4.79. The molecule has 24 heavy (non-hydrogen) atoms. The van der Waals surface area contributed by atoms with Crippen LogP contribution in [0, 0.1) is 5.92 Å². The summed E-state index contributed by atoms with van der Waals surface area (Å²) >= 11 is 0. The Morgan fingerprint density at radius 1 is 1.21 bits per heavy atom. The molecule has 1 aromatic carbocycles. The van der Waals surface area contributed by atoms with Gasteiger partial charge in [0.05, 0.1) is 12.8 Å². The lowest BCUT2D eigenvalue weighted by molar-refractivity contribution is -0.130. The minimum absolute atomic E-state index is 0.191. The van der Waals surface area contributed by atoms with Gasteiger partial charge in [0.2, 0.25) is 5.91 Å². The van der Waals surface area contributed by atoms with Gasteiger partial charge < -0.3 is 9.64 Å². The van der Waals surface area contributed by atoms with Crippen molar-refractivity contribution in [2.45, 2.75) is 26.2 Å². The first-order chi connectivity index (χ1) is 11.7. The first kappa shape index (κ1) is 16.5. The van der Waals surface area contributed by atoms with Gasteiger partial charge in [0.1, 0.15) is 5.75 Å². The Hall–Kier alpha value is -2.36. The van der Waals surface area contributed by atoms with Crippen molar-refractivity contribution < 1.29 is 9.53 Å². The van der Waals surface area contributed by atoms with Crippen LogP contribution in [-0.2, 0) is 11.2 Å². The number of aromatic nitrogens is 1. The summed E-state index contributed by atoms with van der Waals surface area (Å²) in [6.45, 7) is 3.42. The molecule has 2 aromatic rings. The molecule has 4 heteroatoms. The Morgan fingerprint density at radius 3 is 2.58 bits per heavy atom. The van der Waals surface area contributed by atoms with Gasteiger partial charge >= 0.3 is 0 Å². The molecule has 0 unspecified atom stereocenters. The number of likely N-dealkylation sites (tertiary alicyclic amines) is 1. The number of hydrogen-bond donors (Lipinski definition) is 0. The molecule has 0 N–H and O–H groups in total. The number of pyridine rings is 1. The fourth-order valence-corrected chi connectivity index (χ4v) is 3.35. The molecule has 1 aromatic heterocycles. The van der Waals surface area contributed by atoms with Crippen LogP contribution in [0.5, 0.6) is 5.75 Å². The second kappa shape index (κ2) is 7.47. The zero-order valence-electron chi connectivity index (χ0n) is 14.4. The average Bonchev–Trinajstić information content (AvgIpc) is 2.63. The molecule has 0 aliphatic carbocycles. The molecule has 1 amide bonds. The Morgan fingerprint density at radius 2 is 1.96 bits per heavy atom. The Bertz CT molecular complexity index is 689. The summed E-state index contributed by atoms with van der Waals surface area (Å²) in [5.74, 6) is 1.67. The number of benzene rings is 1. The summed E-state index contributed by atoms with van der Waals surface area (Å²) in [5.41, 5.74) is 3.21. The maximum atomic E-state index is 11.4. The summed E-state index contributed by atoms with van der Waals surface area (Å²) in [6, 6.07) is 12.2. The fourth-order valence-electron chi connectivity index (χ4n) is 3.35. The number of rotatable bonds is 4. The molecule has 126 valence electrons. The minimum atomic E-state index is 0.191. The van der Waals surface area contributed by atoms with Gasteiger partial charge in [0, 0.05) is 31.8 Å². The van der Waals surface area contributed by atoms with Crippen molar-refractivity contribution >= 4 is 5.91 Å². The van der Waals surface area contributed by atoms with E-state index in [2.05, 4.69) is 17.1 Å². The number of para-hydroxylation sites is 1. The van der Waals surface area contributed by atoms with Crippen LogP contribution in [0.25, 0.3) is 11.3 Å². The highest BCUT2D eigenvalue weighted by Gasteiger charge is 2.20. The van der Waals surface area contributed by atoms with E-state index < -0.39 is 0 Å². The highest BCUT2D eigenvalue weighted by molar-refractivity contribution is 5.73. The molecular formula is C20H24N2O2. The Labute approximate surface area is 143 Å². The quantitative estimate of drug-likeness (QED) is 0.863. The normalized spacial score (nSPS) is 15.3. The zero-order valence-corrected chi connectivity index (χ0v) is 14.4. The van der Waals surface area contributed by atoms with Gasteiger partial charge in [0.25, 0.3) is 0 Å². The van der Waals surface area contributed by atoms with E-state index in [1.807, 2.05) is 35.4 Å². The first-order valence-electron chi connectivity index (χ1n) is 8.51. The van der Waals surface area contributed by atoms with Crippen LogP contribution in [0.15, 0.2) is 42.6 Å². The molecule has 3 rings (SSSR count). The second-order valence-electron chi connectivity index (χ2n) is 6.41. The lowest BCUT2D eigenvalue weighted by Gasteiger charge is -2.31. The molecule has 1 saturated heterocycles. The highest BCUT2D eigenvalue weighted by atomic mass is 16.5. The molecule has 0 atom stereocenters. The summed E-state index contributed by atoms with van der Waals surface area (Å²) in [4.78, 5) is 18.0. The van der Waals surface area contributed by atoms with Gasteiger partial charge in [-0.25, -0.2) is 0 Å². The number of carbonyl (C=O) groups excluding carboxylic acids is 1. The van der Waals surface area contributed by atoms with E-state index in [4.69, 9.17) is 4.74 Å². The summed E-state index contributed by atoms with van der Waals surface area (Å²) in [7, 11) is 1.68. The fraction of sp³-hybridized carbons (Fsp3) is 0.400. The van der Waals surface area contributed by atoms with Crippen molar-refractivity contribution in [1.82, 2.24) is 9.88 Å². The van der Waals surface area contributed by atoms with Crippen LogP contribution in [0.3, 0.4) is 0 Å². The minimum Gasteiger partial charge on any atom is -0.496 e. The number of amides is 1. The van der Waals surface area contributed by atoms with Crippen LogP contribution in [0.4, 0.5) is 0 Å². The van der Waals surface area contributed by atoms with Crippen molar-refractivity contribution in [3.63, 3.8) is 0 Å². The number of methoxy groups -OCH3 is 1.